The molecular formula is C19H18N2O7. The molecule has 28 heavy (non-hydrogen) atoms. The first-order valence-corrected chi connectivity index (χ1v) is 8.21. The Kier molecular flexibility index (Phi) is 6.80. The van der Waals surface area contributed by atoms with Crippen LogP contribution in [0.15, 0.2) is 42.5 Å². The van der Waals surface area contributed by atoms with Crippen molar-refractivity contribution in [2.75, 3.05) is 18.5 Å². The van der Waals surface area contributed by atoms with Crippen molar-refractivity contribution >= 4 is 29.0 Å². The van der Waals surface area contributed by atoms with Gasteiger partial charge in [0.1, 0.15) is 11.4 Å². The third kappa shape index (κ3) is 5.63. The summed E-state index contributed by atoms with van der Waals surface area (Å²) in [6.07, 6.45) is 0. The van der Waals surface area contributed by atoms with Crippen molar-refractivity contribution in [2.24, 2.45) is 0 Å². The first-order valence-electron chi connectivity index (χ1n) is 8.21. The van der Waals surface area contributed by atoms with Gasteiger partial charge in [0.2, 0.25) is 0 Å². The fourth-order valence-electron chi connectivity index (χ4n) is 2.28. The van der Waals surface area contributed by atoms with Crippen LogP contribution in [0.3, 0.4) is 0 Å². The van der Waals surface area contributed by atoms with Crippen molar-refractivity contribution in [1.29, 1.82) is 0 Å². The Morgan fingerprint density at radius 1 is 1.11 bits per heavy atom. The molecule has 0 saturated carbocycles. The Bertz CT molecular complexity index is 924. The lowest BCUT2D eigenvalue weighted by Crippen LogP contribution is -2.24. The van der Waals surface area contributed by atoms with E-state index in [1.807, 2.05) is 0 Å². The number of anilines is 1. The third-order valence-corrected chi connectivity index (χ3v) is 3.67. The first kappa shape index (κ1) is 20.6. The topological polar surface area (TPSA) is 125 Å². The van der Waals surface area contributed by atoms with Gasteiger partial charge in [-0.1, -0.05) is 24.3 Å². The van der Waals surface area contributed by atoms with Crippen molar-refractivity contribution in [1.82, 2.24) is 0 Å². The Morgan fingerprint density at radius 2 is 1.82 bits per heavy atom. The lowest BCUT2D eigenvalue weighted by Gasteiger charge is -2.10. The summed E-state index contributed by atoms with van der Waals surface area (Å²) in [6, 6.07) is 10.7. The van der Waals surface area contributed by atoms with Crippen LogP contribution in [0.2, 0.25) is 0 Å². The quantitative estimate of drug-likeness (QED) is 0.320. The van der Waals surface area contributed by atoms with E-state index < -0.39 is 30.0 Å². The van der Waals surface area contributed by atoms with Crippen molar-refractivity contribution in [3.05, 3.63) is 63.7 Å². The second-order valence-corrected chi connectivity index (χ2v) is 5.81. The maximum absolute atomic E-state index is 11.9. The van der Waals surface area contributed by atoms with E-state index in [4.69, 9.17) is 9.47 Å². The predicted molar refractivity (Wildman–Crippen MR) is 99.4 cm³/mol. The minimum atomic E-state index is -0.803. The number of aryl methyl sites for hydroxylation is 1. The number of Topliss-reactive ketones (excluding diaryl/α,β-unsaturated/α-hetero) is 1. The second-order valence-electron chi connectivity index (χ2n) is 5.81. The Labute approximate surface area is 160 Å². The average molecular weight is 386 g/mol. The molecule has 146 valence electrons. The smallest absolute Gasteiger partial charge is 0.344 e. The molecule has 2 aromatic rings. The maximum Gasteiger partial charge on any atom is 0.344 e. The van der Waals surface area contributed by atoms with E-state index >= 15 is 0 Å². The van der Waals surface area contributed by atoms with Gasteiger partial charge in [-0.3, -0.25) is 19.7 Å². The molecule has 1 N–H and O–H groups in total. The van der Waals surface area contributed by atoms with Gasteiger partial charge in [0, 0.05) is 11.6 Å². The number of hydrogen-bond acceptors (Lipinski definition) is 7. The van der Waals surface area contributed by atoms with Crippen LogP contribution in [0.1, 0.15) is 22.8 Å². The van der Waals surface area contributed by atoms with Crippen LogP contribution in [0.5, 0.6) is 5.75 Å². The van der Waals surface area contributed by atoms with E-state index in [1.165, 1.54) is 25.1 Å². The molecule has 0 aliphatic heterocycles. The summed E-state index contributed by atoms with van der Waals surface area (Å²) in [5, 5.41) is 13.4. The molecule has 0 heterocycles. The number of hydrogen-bond donors (Lipinski definition) is 1. The van der Waals surface area contributed by atoms with E-state index in [0.29, 0.717) is 16.9 Å². The molecule has 2 rings (SSSR count). The first-order chi connectivity index (χ1) is 13.3. The molecule has 0 saturated heterocycles. The van der Waals surface area contributed by atoms with Gasteiger partial charge < -0.3 is 14.8 Å². The van der Waals surface area contributed by atoms with E-state index in [1.54, 1.807) is 31.2 Å². The number of nitrogens with zero attached hydrogens (tertiary/aromatic N) is 1. The Hall–Kier alpha value is -3.75. The number of carbonyl (C=O) groups excluding carboxylic acids is 3. The second kappa shape index (κ2) is 9.26. The molecule has 0 atom stereocenters. The summed E-state index contributed by atoms with van der Waals surface area (Å²) in [5.41, 5.74) is 0.729. The summed E-state index contributed by atoms with van der Waals surface area (Å²) in [7, 11) is 0. The lowest BCUT2D eigenvalue weighted by atomic mass is 10.1. The number of rotatable bonds is 8. The molecule has 0 bridgehead atoms. The summed E-state index contributed by atoms with van der Waals surface area (Å²) in [5.74, 6) is -1.35. The van der Waals surface area contributed by atoms with Crippen molar-refractivity contribution in [3.63, 3.8) is 0 Å². The normalized spacial score (nSPS) is 10.1. The van der Waals surface area contributed by atoms with Gasteiger partial charge in [-0.2, -0.15) is 0 Å². The Balaban J connectivity index is 1.86. The van der Waals surface area contributed by atoms with Gasteiger partial charge in [-0.25, -0.2) is 4.79 Å². The van der Waals surface area contributed by atoms with Gasteiger partial charge in [0.25, 0.3) is 11.6 Å². The standard InChI is InChI=1S/C19H18N2O7/c1-12-5-3-8-16(21(25)26)19(12)20-17(23)10-28-18(24)11-27-15-7-4-6-14(9-15)13(2)22/h3-9H,10-11H2,1-2H3,(H,20,23). The summed E-state index contributed by atoms with van der Waals surface area (Å²) < 4.78 is 10.0. The summed E-state index contributed by atoms with van der Waals surface area (Å²) >= 11 is 0. The molecule has 9 nitrogen and oxygen atoms in total. The van der Waals surface area contributed by atoms with E-state index in [9.17, 15) is 24.5 Å². The van der Waals surface area contributed by atoms with Crippen LogP contribution in [-0.2, 0) is 14.3 Å². The fourth-order valence-corrected chi connectivity index (χ4v) is 2.28. The van der Waals surface area contributed by atoms with Crippen molar-refractivity contribution < 1.29 is 28.8 Å². The van der Waals surface area contributed by atoms with Crippen molar-refractivity contribution in [3.8, 4) is 5.75 Å². The van der Waals surface area contributed by atoms with Gasteiger partial charge >= 0.3 is 5.97 Å². The molecule has 0 aliphatic carbocycles. The highest BCUT2D eigenvalue weighted by molar-refractivity contribution is 5.96. The molecule has 9 heteroatoms. The zero-order valence-electron chi connectivity index (χ0n) is 15.3. The fraction of sp³-hybridized carbons (Fsp3) is 0.211. The number of nitrogens with one attached hydrogen (secondary N) is 1. The number of amides is 1. The monoisotopic (exact) mass is 386 g/mol. The molecule has 0 spiro atoms. The molecule has 0 unspecified atom stereocenters. The van der Waals surface area contributed by atoms with Gasteiger partial charge in [0.05, 0.1) is 4.92 Å². The zero-order valence-corrected chi connectivity index (χ0v) is 15.3. The molecule has 0 aromatic heterocycles. The highest BCUT2D eigenvalue weighted by Crippen LogP contribution is 2.27. The van der Waals surface area contributed by atoms with Gasteiger partial charge in [-0.05, 0) is 31.5 Å². The lowest BCUT2D eigenvalue weighted by molar-refractivity contribution is -0.384. The average Bonchev–Trinajstić information content (AvgIpc) is 2.66. The summed E-state index contributed by atoms with van der Waals surface area (Å²) in [6.45, 7) is 1.93. The molecule has 0 radical (unpaired) electrons. The third-order valence-electron chi connectivity index (χ3n) is 3.67. The number of ketones is 1. The zero-order chi connectivity index (χ0) is 20.7. The number of para-hydroxylation sites is 1. The Morgan fingerprint density at radius 3 is 2.50 bits per heavy atom. The van der Waals surface area contributed by atoms with Gasteiger partial charge in [-0.15, -0.1) is 0 Å². The number of ether oxygens (including phenoxy) is 2. The number of esters is 1. The van der Waals surface area contributed by atoms with Crippen LogP contribution in [-0.4, -0.2) is 35.8 Å². The predicted octanol–water partition coefficient (Wildman–Crippen LogP) is 2.67. The highest BCUT2D eigenvalue weighted by atomic mass is 16.6. The SMILES string of the molecule is CC(=O)c1cccc(OCC(=O)OCC(=O)Nc2c(C)cccc2[N+](=O)[O-])c1. The van der Waals surface area contributed by atoms with Crippen LogP contribution in [0, 0.1) is 17.0 Å². The van der Waals surface area contributed by atoms with E-state index in [2.05, 4.69) is 5.32 Å². The highest BCUT2D eigenvalue weighted by Gasteiger charge is 2.18. The maximum atomic E-state index is 11.9. The molecule has 1 amide bonds. The van der Waals surface area contributed by atoms with Crippen molar-refractivity contribution in [2.45, 2.75) is 13.8 Å². The van der Waals surface area contributed by atoms with Gasteiger partial charge in [0.15, 0.2) is 19.0 Å². The number of benzene rings is 2. The number of nitro benzene ring substituents is 1. The largest absolute Gasteiger partial charge is 0.482 e. The molecular weight excluding hydrogens is 368 g/mol. The minimum absolute atomic E-state index is 0.0471. The van der Waals surface area contributed by atoms with Crippen LogP contribution >= 0.6 is 0 Å². The summed E-state index contributed by atoms with van der Waals surface area (Å²) in [4.78, 5) is 45.4. The number of nitro groups is 1. The molecule has 2 aromatic carbocycles. The molecule has 0 aliphatic rings. The van der Waals surface area contributed by atoms with Crippen LogP contribution in [0.4, 0.5) is 11.4 Å². The van der Waals surface area contributed by atoms with Crippen LogP contribution in [0.25, 0.3) is 0 Å². The molecule has 0 fully saturated rings. The number of carbonyl (C=O) groups is 3. The van der Waals surface area contributed by atoms with E-state index in [0.717, 1.165) is 0 Å². The van der Waals surface area contributed by atoms with Crippen LogP contribution < -0.4 is 10.1 Å². The minimum Gasteiger partial charge on any atom is -0.482 e. The van der Waals surface area contributed by atoms with E-state index in [-0.39, 0.29) is 17.2 Å².